The van der Waals surface area contributed by atoms with Crippen molar-refractivity contribution in [2.45, 2.75) is 19.3 Å². The van der Waals surface area contributed by atoms with E-state index in [2.05, 4.69) is 31.5 Å². The number of nitrogens with zero attached hydrogens (tertiary/aromatic N) is 1. The number of halogens is 1. The van der Waals surface area contributed by atoms with Gasteiger partial charge in [0.25, 0.3) is 0 Å². The molecule has 3 rings (SSSR count). The summed E-state index contributed by atoms with van der Waals surface area (Å²) < 4.78 is 0.912. The van der Waals surface area contributed by atoms with Gasteiger partial charge in [0.2, 0.25) is 11.8 Å². The lowest BCUT2D eigenvalue weighted by molar-refractivity contribution is -0.144. The fourth-order valence-electron chi connectivity index (χ4n) is 2.91. The van der Waals surface area contributed by atoms with Crippen LogP contribution in [0.5, 0.6) is 0 Å². The maximum absolute atomic E-state index is 12.6. The van der Waals surface area contributed by atoms with Crippen LogP contribution in [-0.4, -0.2) is 22.8 Å². The van der Waals surface area contributed by atoms with E-state index in [1.807, 2.05) is 36.4 Å². The van der Waals surface area contributed by atoms with Crippen molar-refractivity contribution in [3.63, 3.8) is 0 Å². The largest absolute Gasteiger partial charge is 0.328 e. The van der Waals surface area contributed by atoms with Gasteiger partial charge in [-0.1, -0.05) is 28.1 Å². The fraction of sp³-hybridized carbons (Fsp3) is 0.222. The molecule has 0 saturated carbocycles. The predicted molar refractivity (Wildman–Crippen MR) is 94.5 cm³/mol. The summed E-state index contributed by atoms with van der Waals surface area (Å²) in [6.07, 6.45) is 4.37. The minimum Gasteiger partial charge on any atom is -0.277 e. The molecule has 2 aromatic rings. The molecule has 1 fully saturated rings. The molecule has 1 aromatic carbocycles. The number of hydrogen-bond donors (Lipinski definition) is 2. The van der Waals surface area contributed by atoms with E-state index in [1.165, 1.54) is 0 Å². The number of aryl methyl sites for hydroxylation is 1. The molecular weight excluding hydrogens is 386 g/mol. The lowest BCUT2D eigenvalue weighted by Crippen LogP contribution is -2.63. The van der Waals surface area contributed by atoms with Crippen LogP contribution in [0.1, 0.15) is 17.5 Å². The third kappa shape index (κ3) is 3.76. The number of imide groups is 2. The third-order valence-electron chi connectivity index (χ3n) is 4.33. The van der Waals surface area contributed by atoms with Gasteiger partial charge in [0.05, 0.1) is 0 Å². The summed E-state index contributed by atoms with van der Waals surface area (Å²) in [5.74, 6) is -1.11. The Labute approximate surface area is 153 Å². The highest BCUT2D eigenvalue weighted by Gasteiger charge is 2.49. The van der Waals surface area contributed by atoms with Gasteiger partial charge in [0.1, 0.15) is 5.41 Å². The molecule has 128 valence electrons. The van der Waals surface area contributed by atoms with Gasteiger partial charge in [0.15, 0.2) is 0 Å². The minimum absolute atomic E-state index is 0.219. The first-order valence-corrected chi connectivity index (χ1v) is 8.59. The maximum atomic E-state index is 12.6. The number of carbonyl (C=O) groups excluding carboxylic acids is 3. The Morgan fingerprint density at radius 2 is 1.48 bits per heavy atom. The highest BCUT2D eigenvalue weighted by atomic mass is 79.9. The second-order valence-corrected chi connectivity index (χ2v) is 6.89. The van der Waals surface area contributed by atoms with Crippen molar-refractivity contribution >= 4 is 33.8 Å². The molecule has 1 aliphatic rings. The topological polar surface area (TPSA) is 88.2 Å². The van der Waals surface area contributed by atoms with E-state index in [0.717, 1.165) is 15.6 Å². The van der Waals surface area contributed by atoms with Gasteiger partial charge in [-0.2, -0.15) is 0 Å². The molecule has 0 radical (unpaired) electrons. The van der Waals surface area contributed by atoms with Gasteiger partial charge < -0.3 is 0 Å². The molecule has 7 heteroatoms. The second-order valence-electron chi connectivity index (χ2n) is 5.98. The van der Waals surface area contributed by atoms with E-state index in [1.54, 1.807) is 12.4 Å². The van der Waals surface area contributed by atoms with Crippen LogP contribution in [0.3, 0.4) is 0 Å². The van der Waals surface area contributed by atoms with Crippen LogP contribution < -0.4 is 10.6 Å². The van der Waals surface area contributed by atoms with E-state index in [9.17, 15) is 14.4 Å². The molecule has 1 saturated heterocycles. The first-order valence-electron chi connectivity index (χ1n) is 7.80. The molecule has 25 heavy (non-hydrogen) atoms. The standard InChI is InChI=1S/C18H16BrN3O3/c19-14-3-1-13(2-4-14)11-18(8-5-12-6-9-20-10-7-12)15(23)21-17(25)22-16(18)24/h1-4,6-7,9-10H,5,8,11H2,(H2,21,22,23,24,25). The molecule has 6 nitrogen and oxygen atoms in total. The molecular formula is C18H16BrN3O3. The van der Waals surface area contributed by atoms with E-state index in [0.29, 0.717) is 6.42 Å². The average Bonchev–Trinajstić information content (AvgIpc) is 2.60. The van der Waals surface area contributed by atoms with Gasteiger partial charge in [-0.3, -0.25) is 25.2 Å². The quantitative estimate of drug-likeness (QED) is 0.752. The van der Waals surface area contributed by atoms with Gasteiger partial charge >= 0.3 is 6.03 Å². The molecule has 0 atom stereocenters. The predicted octanol–water partition coefficient (Wildman–Crippen LogP) is 2.37. The van der Waals surface area contributed by atoms with E-state index >= 15 is 0 Å². The number of aromatic nitrogens is 1. The summed E-state index contributed by atoms with van der Waals surface area (Å²) in [5, 5.41) is 4.47. The molecule has 1 aliphatic heterocycles. The first kappa shape index (κ1) is 17.3. The Kier molecular flexibility index (Phi) is 4.94. The Morgan fingerprint density at radius 1 is 0.880 bits per heavy atom. The number of hydrogen-bond acceptors (Lipinski definition) is 4. The summed E-state index contributed by atoms with van der Waals surface area (Å²) in [6.45, 7) is 0. The number of nitrogens with one attached hydrogen (secondary N) is 2. The van der Waals surface area contributed by atoms with Crippen LogP contribution in [0, 0.1) is 5.41 Å². The summed E-state index contributed by atoms with van der Waals surface area (Å²) in [5.41, 5.74) is 0.491. The number of rotatable bonds is 5. The van der Waals surface area contributed by atoms with E-state index in [4.69, 9.17) is 0 Å². The van der Waals surface area contributed by atoms with E-state index < -0.39 is 23.3 Å². The Balaban J connectivity index is 1.90. The van der Waals surface area contributed by atoms with Crippen LogP contribution in [-0.2, 0) is 22.4 Å². The molecule has 0 bridgehead atoms. The molecule has 0 unspecified atom stereocenters. The third-order valence-corrected chi connectivity index (χ3v) is 4.86. The number of amides is 4. The number of urea groups is 1. The highest BCUT2D eigenvalue weighted by Crippen LogP contribution is 2.32. The zero-order valence-corrected chi connectivity index (χ0v) is 14.9. The minimum atomic E-state index is -1.33. The molecule has 1 aromatic heterocycles. The number of pyridine rings is 1. The van der Waals surface area contributed by atoms with Crippen LogP contribution in [0.15, 0.2) is 53.3 Å². The van der Waals surface area contributed by atoms with Gasteiger partial charge in [-0.25, -0.2) is 4.79 Å². The highest BCUT2D eigenvalue weighted by molar-refractivity contribution is 9.10. The monoisotopic (exact) mass is 401 g/mol. The number of barbiturate groups is 1. The molecule has 4 amide bonds. The van der Waals surface area contributed by atoms with Crippen molar-refractivity contribution in [1.29, 1.82) is 0 Å². The lowest BCUT2D eigenvalue weighted by atomic mass is 9.74. The maximum Gasteiger partial charge on any atom is 0.328 e. The summed E-state index contributed by atoms with van der Waals surface area (Å²) in [4.78, 5) is 40.7. The summed E-state index contributed by atoms with van der Waals surface area (Å²) >= 11 is 3.37. The SMILES string of the molecule is O=C1NC(=O)C(CCc2ccncc2)(Cc2ccc(Br)cc2)C(=O)N1. The van der Waals surface area contributed by atoms with Crippen molar-refractivity contribution < 1.29 is 14.4 Å². The van der Waals surface area contributed by atoms with Gasteiger partial charge in [-0.05, 0) is 54.7 Å². The van der Waals surface area contributed by atoms with Crippen molar-refractivity contribution in [1.82, 2.24) is 15.6 Å². The van der Waals surface area contributed by atoms with Crippen molar-refractivity contribution in [2.75, 3.05) is 0 Å². The average molecular weight is 402 g/mol. The van der Waals surface area contributed by atoms with Crippen molar-refractivity contribution in [3.05, 3.63) is 64.4 Å². The number of benzene rings is 1. The Hall–Kier alpha value is -2.54. The zero-order valence-electron chi connectivity index (χ0n) is 13.3. The Morgan fingerprint density at radius 3 is 2.08 bits per heavy atom. The molecule has 2 heterocycles. The normalized spacial score (nSPS) is 16.3. The van der Waals surface area contributed by atoms with Crippen molar-refractivity contribution in [2.24, 2.45) is 5.41 Å². The Bertz CT molecular complexity index is 786. The van der Waals surface area contributed by atoms with Crippen LogP contribution >= 0.6 is 15.9 Å². The van der Waals surface area contributed by atoms with E-state index in [-0.39, 0.29) is 12.8 Å². The summed E-state index contributed by atoms with van der Waals surface area (Å²) in [7, 11) is 0. The van der Waals surface area contributed by atoms with Crippen molar-refractivity contribution in [3.8, 4) is 0 Å². The van der Waals surface area contributed by atoms with Gasteiger partial charge in [0, 0.05) is 16.9 Å². The van der Waals surface area contributed by atoms with Crippen LogP contribution in [0.25, 0.3) is 0 Å². The smallest absolute Gasteiger partial charge is 0.277 e. The van der Waals surface area contributed by atoms with Gasteiger partial charge in [-0.15, -0.1) is 0 Å². The number of carbonyl (C=O) groups is 3. The van der Waals surface area contributed by atoms with Crippen LogP contribution in [0.2, 0.25) is 0 Å². The fourth-order valence-corrected chi connectivity index (χ4v) is 3.18. The van der Waals surface area contributed by atoms with Crippen LogP contribution in [0.4, 0.5) is 4.79 Å². The second kappa shape index (κ2) is 7.14. The molecule has 2 N–H and O–H groups in total. The lowest BCUT2D eigenvalue weighted by Gasteiger charge is -2.34. The summed E-state index contributed by atoms with van der Waals surface area (Å²) in [6, 6.07) is 10.3. The zero-order chi connectivity index (χ0) is 17.9. The molecule has 0 aliphatic carbocycles. The first-order chi connectivity index (χ1) is 12.0. The molecule has 0 spiro atoms.